The molecule has 28 heavy (non-hydrogen) atoms. The monoisotopic (exact) mass is 408 g/mol. The number of pyridine rings is 1. The Kier molecular flexibility index (Phi) is 8.01. The topological polar surface area (TPSA) is 80.5 Å². The van der Waals surface area contributed by atoms with E-state index in [-0.39, 0.29) is 11.6 Å². The molecule has 1 saturated heterocycles. The van der Waals surface area contributed by atoms with Gasteiger partial charge in [0.25, 0.3) is 0 Å². The molecule has 2 rings (SSSR count). The largest absolute Gasteiger partial charge is 0.444 e. The molecule has 1 amide bonds. The minimum atomic E-state index is -0.449. The molecule has 1 aliphatic heterocycles. The highest BCUT2D eigenvalue weighted by Gasteiger charge is 2.42. The first kappa shape index (κ1) is 22.8. The van der Waals surface area contributed by atoms with Gasteiger partial charge >= 0.3 is 6.09 Å². The molecule has 158 valence electrons. The molecule has 0 saturated carbocycles. The molecule has 1 atom stereocenters. The average Bonchev–Trinajstić information content (AvgIpc) is 2.91. The predicted molar refractivity (Wildman–Crippen MR) is 116 cm³/mol. The van der Waals surface area contributed by atoms with Gasteiger partial charge in [-0.05, 0) is 83.9 Å². The quantitative estimate of drug-likeness (QED) is 0.462. The SMILES string of the molecule is CC(C)(C)OC(=O)N1CC(CCCCCNc2cccc(SN)n2)CC1(C)C. The number of rotatable bonds is 8. The van der Waals surface area contributed by atoms with E-state index in [2.05, 4.69) is 24.1 Å². The molecule has 0 bridgehead atoms. The van der Waals surface area contributed by atoms with Crippen LogP contribution >= 0.6 is 11.9 Å². The highest BCUT2D eigenvalue weighted by Crippen LogP contribution is 2.36. The van der Waals surface area contributed by atoms with E-state index in [0.717, 1.165) is 55.1 Å². The van der Waals surface area contributed by atoms with E-state index in [1.165, 1.54) is 12.8 Å². The van der Waals surface area contributed by atoms with E-state index in [1.807, 2.05) is 43.9 Å². The Labute approximate surface area is 174 Å². The molecule has 0 radical (unpaired) electrons. The third-order valence-corrected chi connectivity index (χ3v) is 5.48. The molecule has 2 heterocycles. The van der Waals surface area contributed by atoms with E-state index < -0.39 is 5.60 Å². The van der Waals surface area contributed by atoms with Gasteiger partial charge in [0.1, 0.15) is 16.4 Å². The molecule has 3 N–H and O–H groups in total. The van der Waals surface area contributed by atoms with Crippen molar-refractivity contribution in [3.05, 3.63) is 18.2 Å². The van der Waals surface area contributed by atoms with Crippen LogP contribution in [0.3, 0.4) is 0 Å². The lowest BCUT2D eigenvalue weighted by atomic mass is 9.93. The second-order valence-corrected chi connectivity index (χ2v) is 9.88. The van der Waals surface area contributed by atoms with Crippen LogP contribution < -0.4 is 10.5 Å². The van der Waals surface area contributed by atoms with Crippen molar-refractivity contribution >= 4 is 23.9 Å². The Bertz CT molecular complexity index is 646. The minimum Gasteiger partial charge on any atom is -0.444 e. The van der Waals surface area contributed by atoms with Gasteiger partial charge in [0.05, 0.1) is 0 Å². The van der Waals surface area contributed by atoms with Crippen molar-refractivity contribution in [1.29, 1.82) is 0 Å². The van der Waals surface area contributed by atoms with Crippen molar-refractivity contribution in [1.82, 2.24) is 9.88 Å². The molecule has 1 aromatic heterocycles. The van der Waals surface area contributed by atoms with Crippen LogP contribution in [0.1, 0.15) is 66.7 Å². The van der Waals surface area contributed by atoms with Crippen molar-refractivity contribution in [2.45, 2.75) is 82.9 Å². The highest BCUT2D eigenvalue weighted by molar-refractivity contribution is 7.97. The molecule has 1 fully saturated rings. The number of carbonyl (C=O) groups excluding carboxylic acids is 1. The van der Waals surface area contributed by atoms with Crippen molar-refractivity contribution in [2.24, 2.45) is 11.1 Å². The lowest BCUT2D eigenvalue weighted by Crippen LogP contribution is -2.45. The maximum atomic E-state index is 12.5. The van der Waals surface area contributed by atoms with E-state index in [4.69, 9.17) is 9.88 Å². The predicted octanol–water partition coefficient (Wildman–Crippen LogP) is 5.06. The first-order chi connectivity index (χ1) is 13.1. The van der Waals surface area contributed by atoms with E-state index in [0.29, 0.717) is 5.92 Å². The number of aromatic nitrogens is 1. The average molecular weight is 409 g/mol. The number of unbranched alkanes of at least 4 members (excludes halogenated alkanes) is 2. The molecule has 6 nitrogen and oxygen atoms in total. The number of amides is 1. The summed E-state index contributed by atoms with van der Waals surface area (Å²) in [6.45, 7) is 11.7. The zero-order chi connectivity index (χ0) is 20.8. The number of hydrogen-bond acceptors (Lipinski definition) is 6. The van der Waals surface area contributed by atoms with Gasteiger partial charge in [-0.15, -0.1) is 0 Å². The fourth-order valence-corrected chi connectivity index (χ4v) is 4.06. The first-order valence-corrected chi connectivity index (χ1v) is 11.1. The van der Waals surface area contributed by atoms with Crippen molar-refractivity contribution < 1.29 is 9.53 Å². The summed E-state index contributed by atoms with van der Waals surface area (Å²) in [4.78, 5) is 18.8. The molecule has 1 aliphatic rings. The number of nitrogens with zero attached hydrogens (tertiary/aromatic N) is 2. The number of anilines is 1. The van der Waals surface area contributed by atoms with Crippen molar-refractivity contribution in [3.8, 4) is 0 Å². The van der Waals surface area contributed by atoms with Crippen LogP contribution in [0.15, 0.2) is 23.2 Å². The molecule has 0 aromatic carbocycles. The number of carbonyl (C=O) groups is 1. The van der Waals surface area contributed by atoms with Gasteiger partial charge in [-0.1, -0.05) is 18.9 Å². The number of ether oxygens (including phenoxy) is 1. The van der Waals surface area contributed by atoms with Crippen LogP contribution in [0.2, 0.25) is 0 Å². The van der Waals surface area contributed by atoms with E-state index in [9.17, 15) is 4.79 Å². The van der Waals surface area contributed by atoms with E-state index in [1.54, 1.807) is 0 Å². The number of hydrogen-bond donors (Lipinski definition) is 2. The molecule has 1 unspecified atom stereocenters. The fourth-order valence-electron chi connectivity index (χ4n) is 3.75. The van der Waals surface area contributed by atoms with Gasteiger partial charge < -0.3 is 15.0 Å². The van der Waals surface area contributed by atoms with Gasteiger partial charge in [0.2, 0.25) is 0 Å². The lowest BCUT2D eigenvalue weighted by Gasteiger charge is -2.33. The maximum Gasteiger partial charge on any atom is 0.410 e. The molecular weight excluding hydrogens is 372 g/mol. The molecule has 0 aliphatic carbocycles. The fraction of sp³-hybridized carbons (Fsp3) is 0.714. The second-order valence-electron chi connectivity index (χ2n) is 9.23. The molecule has 1 aromatic rings. The van der Waals surface area contributed by atoms with Gasteiger partial charge in [0, 0.05) is 18.6 Å². The summed E-state index contributed by atoms with van der Waals surface area (Å²) in [5.41, 5.74) is -0.582. The summed E-state index contributed by atoms with van der Waals surface area (Å²) >= 11 is 1.16. The first-order valence-electron chi connectivity index (χ1n) is 10.2. The van der Waals surface area contributed by atoms with E-state index >= 15 is 0 Å². The summed E-state index contributed by atoms with van der Waals surface area (Å²) in [5.74, 6) is 1.43. The Morgan fingerprint density at radius 2 is 2.11 bits per heavy atom. The molecule has 0 spiro atoms. The van der Waals surface area contributed by atoms with Crippen LogP contribution in [0.25, 0.3) is 0 Å². The maximum absolute atomic E-state index is 12.5. The Morgan fingerprint density at radius 3 is 2.79 bits per heavy atom. The highest BCUT2D eigenvalue weighted by atomic mass is 32.2. The summed E-state index contributed by atoms with van der Waals surface area (Å²) in [6, 6.07) is 5.83. The third-order valence-electron chi connectivity index (χ3n) is 5.01. The number of likely N-dealkylation sites (tertiary alicyclic amines) is 1. The Morgan fingerprint density at radius 1 is 1.36 bits per heavy atom. The minimum absolute atomic E-state index is 0.133. The normalized spacial score (nSPS) is 18.9. The van der Waals surface area contributed by atoms with Gasteiger partial charge in [0.15, 0.2) is 0 Å². The zero-order valence-corrected chi connectivity index (χ0v) is 18.8. The van der Waals surface area contributed by atoms with Gasteiger partial charge in [-0.25, -0.2) is 9.78 Å². The Balaban J connectivity index is 1.67. The standard InChI is InChI=1S/C21H36N4O2S/c1-20(2,3)27-19(26)25-15-16(14-21(25,4)5)10-7-6-8-13-23-17-11-9-12-18(24-17)28-22/h9,11-12,16H,6-8,10,13-15,22H2,1-5H3,(H,23,24). The van der Waals surface area contributed by atoms with Crippen LogP contribution in [-0.2, 0) is 4.74 Å². The van der Waals surface area contributed by atoms with Crippen LogP contribution in [-0.4, -0.2) is 40.2 Å². The third kappa shape index (κ3) is 7.17. The summed E-state index contributed by atoms with van der Waals surface area (Å²) in [7, 11) is 0. The zero-order valence-electron chi connectivity index (χ0n) is 18.0. The second kappa shape index (κ2) is 9.83. The van der Waals surface area contributed by atoms with Crippen molar-refractivity contribution in [3.63, 3.8) is 0 Å². The number of nitrogens with two attached hydrogens (primary N) is 1. The summed E-state index contributed by atoms with van der Waals surface area (Å²) in [5, 5.41) is 9.72. The lowest BCUT2D eigenvalue weighted by molar-refractivity contribution is 0.0131. The van der Waals surface area contributed by atoms with Crippen molar-refractivity contribution in [2.75, 3.05) is 18.4 Å². The van der Waals surface area contributed by atoms with Gasteiger partial charge in [-0.3, -0.25) is 5.14 Å². The smallest absolute Gasteiger partial charge is 0.410 e. The van der Waals surface area contributed by atoms with Crippen LogP contribution in [0.5, 0.6) is 0 Å². The summed E-state index contributed by atoms with van der Waals surface area (Å²) < 4.78 is 5.59. The van der Waals surface area contributed by atoms with Crippen LogP contribution in [0.4, 0.5) is 10.6 Å². The number of nitrogens with one attached hydrogen (secondary N) is 1. The molecule has 7 heteroatoms. The Hall–Kier alpha value is -1.47. The summed E-state index contributed by atoms with van der Waals surface area (Å²) in [6.07, 6.45) is 5.46. The van der Waals surface area contributed by atoms with Gasteiger partial charge in [-0.2, -0.15) is 0 Å². The van der Waals surface area contributed by atoms with Crippen LogP contribution in [0, 0.1) is 5.92 Å². The molecular formula is C21H36N4O2S.